The quantitative estimate of drug-likeness (QED) is 0.857. The average molecular weight is 233 g/mol. The zero-order chi connectivity index (χ0) is 12.1. The molecule has 0 amide bonds. The second kappa shape index (κ2) is 5.45. The predicted octanol–water partition coefficient (Wildman–Crippen LogP) is 1.97. The highest BCUT2D eigenvalue weighted by Crippen LogP contribution is 2.18. The van der Waals surface area contributed by atoms with Gasteiger partial charge in [-0.05, 0) is 12.5 Å². The number of hydrogen-bond donors (Lipinski definition) is 1. The highest BCUT2D eigenvalue weighted by Gasteiger charge is 2.02. The highest BCUT2D eigenvalue weighted by atomic mass is 16.5. The normalized spacial score (nSPS) is 10.5. The maximum absolute atomic E-state index is 8.97. The lowest BCUT2D eigenvalue weighted by atomic mass is 10.4. The van der Waals surface area contributed by atoms with E-state index in [-0.39, 0.29) is 6.61 Å². The number of ether oxygens (including phenoxy) is 1. The van der Waals surface area contributed by atoms with Gasteiger partial charge in [-0.1, -0.05) is 13.0 Å². The Morgan fingerprint density at radius 2 is 2.29 bits per heavy atom. The van der Waals surface area contributed by atoms with Crippen LogP contribution in [0.5, 0.6) is 11.6 Å². The van der Waals surface area contributed by atoms with Crippen molar-refractivity contribution in [2.75, 3.05) is 0 Å². The van der Waals surface area contributed by atoms with Crippen LogP contribution < -0.4 is 4.74 Å². The molecule has 0 saturated carbocycles. The van der Waals surface area contributed by atoms with E-state index >= 15 is 0 Å². The average Bonchev–Trinajstić information content (AvgIpc) is 2.77. The molecule has 17 heavy (non-hydrogen) atoms. The summed E-state index contributed by atoms with van der Waals surface area (Å²) in [7, 11) is 0. The second-order valence-corrected chi connectivity index (χ2v) is 3.67. The molecule has 0 saturated heterocycles. The minimum absolute atomic E-state index is 0.0910. The predicted molar refractivity (Wildman–Crippen MR) is 62.8 cm³/mol. The molecule has 90 valence electrons. The number of aryl methyl sites for hydroxylation is 1. The summed E-state index contributed by atoms with van der Waals surface area (Å²) in [5.74, 6) is 1.12. The molecule has 0 aliphatic heterocycles. The monoisotopic (exact) mass is 233 g/mol. The molecule has 2 heterocycles. The van der Waals surface area contributed by atoms with Crippen LogP contribution in [0.25, 0.3) is 0 Å². The van der Waals surface area contributed by atoms with Crippen LogP contribution in [0.1, 0.15) is 19.0 Å². The molecule has 5 nitrogen and oxygen atoms in total. The number of pyridine rings is 1. The first-order valence-electron chi connectivity index (χ1n) is 5.59. The van der Waals surface area contributed by atoms with Crippen LogP contribution in [0.3, 0.4) is 0 Å². The number of hydrogen-bond acceptors (Lipinski definition) is 4. The Kier molecular flexibility index (Phi) is 3.72. The fraction of sp³-hybridized carbons (Fsp3) is 0.333. The van der Waals surface area contributed by atoms with Crippen molar-refractivity contribution in [1.82, 2.24) is 14.8 Å². The van der Waals surface area contributed by atoms with E-state index in [1.54, 1.807) is 24.4 Å². The third-order valence-corrected chi connectivity index (χ3v) is 2.23. The Balaban J connectivity index is 2.08. The lowest BCUT2D eigenvalue weighted by Gasteiger charge is -2.02. The number of rotatable bonds is 5. The lowest BCUT2D eigenvalue weighted by Crippen LogP contribution is -1.95. The Morgan fingerprint density at radius 3 is 3.06 bits per heavy atom. The van der Waals surface area contributed by atoms with Crippen molar-refractivity contribution in [1.29, 1.82) is 0 Å². The van der Waals surface area contributed by atoms with Gasteiger partial charge >= 0.3 is 0 Å². The zero-order valence-corrected chi connectivity index (χ0v) is 9.71. The molecule has 5 heteroatoms. The van der Waals surface area contributed by atoms with Gasteiger partial charge in [-0.25, -0.2) is 4.98 Å². The fourth-order valence-corrected chi connectivity index (χ4v) is 1.47. The van der Waals surface area contributed by atoms with Gasteiger partial charge in [-0.15, -0.1) is 0 Å². The minimum atomic E-state index is -0.0910. The first-order valence-corrected chi connectivity index (χ1v) is 5.59. The summed E-state index contributed by atoms with van der Waals surface area (Å²) in [5, 5.41) is 13.1. The molecule has 0 atom stereocenters. The van der Waals surface area contributed by atoms with Crippen molar-refractivity contribution in [3.63, 3.8) is 0 Å². The SMILES string of the molecule is CCCn1cc(Oc2cccc(CO)n2)cn1. The van der Waals surface area contributed by atoms with Gasteiger partial charge in [0.05, 0.1) is 24.7 Å². The van der Waals surface area contributed by atoms with Gasteiger partial charge in [0.2, 0.25) is 5.88 Å². The molecule has 1 N–H and O–H groups in total. The number of aliphatic hydroxyl groups is 1. The number of nitrogens with zero attached hydrogens (tertiary/aromatic N) is 3. The van der Waals surface area contributed by atoms with Crippen molar-refractivity contribution < 1.29 is 9.84 Å². The van der Waals surface area contributed by atoms with E-state index in [0.29, 0.717) is 17.3 Å². The molecule has 0 fully saturated rings. The maximum Gasteiger partial charge on any atom is 0.219 e. The van der Waals surface area contributed by atoms with E-state index in [1.807, 2.05) is 10.9 Å². The first-order chi connectivity index (χ1) is 8.31. The Labute approximate surface area is 99.7 Å². The van der Waals surface area contributed by atoms with Crippen LogP contribution >= 0.6 is 0 Å². The number of aliphatic hydroxyl groups excluding tert-OH is 1. The Morgan fingerprint density at radius 1 is 1.41 bits per heavy atom. The molecule has 2 aromatic heterocycles. The maximum atomic E-state index is 8.97. The lowest BCUT2D eigenvalue weighted by molar-refractivity contribution is 0.275. The summed E-state index contributed by atoms with van der Waals surface area (Å²) in [4.78, 5) is 4.13. The van der Waals surface area contributed by atoms with Crippen molar-refractivity contribution in [2.24, 2.45) is 0 Å². The van der Waals surface area contributed by atoms with Crippen molar-refractivity contribution in [3.8, 4) is 11.6 Å². The van der Waals surface area contributed by atoms with Gasteiger partial charge in [0, 0.05) is 12.6 Å². The molecular formula is C12H15N3O2. The van der Waals surface area contributed by atoms with E-state index in [2.05, 4.69) is 17.0 Å². The smallest absolute Gasteiger partial charge is 0.219 e. The fourth-order valence-electron chi connectivity index (χ4n) is 1.47. The first kappa shape index (κ1) is 11.6. The summed E-state index contributed by atoms with van der Waals surface area (Å²) >= 11 is 0. The van der Waals surface area contributed by atoms with Crippen molar-refractivity contribution in [2.45, 2.75) is 26.5 Å². The van der Waals surface area contributed by atoms with E-state index in [1.165, 1.54) is 0 Å². The van der Waals surface area contributed by atoms with Gasteiger partial charge in [0.25, 0.3) is 0 Å². The van der Waals surface area contributed by atoms with E-state index < -0.39 is 0 Å². The van der Waals surface area contributed by atoms with Gasteiger partial charge in [-0.3, -0.25) is 4.68 Å². The molecule has 0 spiro atoms. The van der Waals surface area contributed by atoms with Crippen LogP contribution in [0.4, 0.5) is 0 Å². The summed E-state index contributed by atoms with van der Waals surface area (Å²) < 4.78 is 7.37. The molecule has 0 aliphatic rings. The van der Waals surface area contributed by atoms with E-state index in [0.717, 1.165) is 13.0 Å². The molecule has 0 unspecified atom stereocenters. The van der Waals surface area contributed by atoms with Crippen LogP contribution in [-0.4, -0.2) is 19.9 Å². The highest BCUT2D eigenvalue weighted by molar-refractivity contribution is 5.23. The third-order valence-electron chi connectivity index (χ3n) is 2.23. The molecule has 0 aliphatic carbocycles. The Hall–Kier alpha value is -1.88. The van der Waals surface area contributed by atoms with Crippen molar-refractivity contribution in [3.05, 3.63) is 36.3 Å². The van der Waals surface area contributed by atoms with Gasteiger partial charge < -0.3 is 9.84 Å². The topological polar surface area (TPSA) is 60.2 Å². The van der Waals surface area contributed by atoms with Crippen LogP contribution in [0, 0.1) is 0 Å². The zero-order valence-electron chi connectivity index (χ0n) is 9.71. The van der Waals surface area contributed by atoms with Gasteiger partial charge in [0.15, 0.2) is 5.75 Å². The second-order valence-electron chi connectivity index (χ2n) is 3.67. The third kappa shape index (κ3) is 3.04. The largest absolute Gasteiger partial charge is 0.436 e. The van der Waals surface area contributed by atoms with Gasteiger partial charge in [-0.2, -0.15) is 5.10 Å². The summed E-state index contributed by atoms with van der Waals surface area (Å²) in [6.07, 6.45) is 4.51. The minimum Gasteiger partial charge on any atom is -0.436 e. The summed E-state index contributed by atoms with van der Waals surface area (Å²) in [6, 6.07) is 5.29. The van der Waals surface area contributed by atoms with Gasteiger partial charge in [0.1, 0.15) is 0 Å². The molecule has 2 aromatic rings. The molecular weight excluding hydrogens is 218 g/mol. The Bertz CT molecular complexity index is 482. The van der Waals surface area contributed by atoms with Crippen LogP contribution in [0.2, 0.25) is 0 Å². The van der Waals surface area contributed by atoms with E-state index in [4.69, 9.17) is 9.84 Å². The molecule has 0 bridgehead atoms. The molecule has 0 aromatic carbocycles. The van der Waals surface area contributed by atoms with Crippen molar-refractivity contribution >= 4 is 0 Å². The van der Waals surface area contributed by atoms with Crippen LogP contribution in [-0.2, 0) is 13.2 Å². The molecule has 2 rings (SSSR count). The van der Waals surface area contributed by atoms with Crippen LogP contribution in [0.15, 0.2) is 30.6 Å². The summed E-state index contributed by atoms with van der Waals surface area (Å²) in [5.41, 5.74) is 0.587. The van der Waals surface area contributed by atoms with E-state index in [9.17, 15) is 0 Å². The number of aromatic nitrogens is 3. The summed E-state index contributed by atoms with van der Waals surface area (Å²) in [6.45, 7) is 2.87. The molecule has 0 radical (unpaired) electrons. The standard InChI is InChI=1S/C12H15N3O2/c1-2-6-15-8-11(7-13-15)17-12-5-3-4-10(9-16)14-12/h3-5,7-8,16H,2,6,9H2,1H3.